The van der Waals surface area contributed by atoms with Gasteiger partial charge in [0.1, 0.15) is 5.54 Å². The summed E-state index contributed by atoms with van der Waals surface area (Å²) in [6.07, 6.45) is 0.937. The van der Waals surface area contributed by atoms with Gasteiger partial charge in [-0.3, -0.25) is 4.90 Å². The molecule has 126 valence electrons. The molecule has 0 saturated carbocycles. The summed E-state index contributed by atoms with van der Waals surface area (Å²) < 4.78 is 5.03. The van der Waals surface area contributed by atoms with Crippen molar-refractivity contribution >= 4 is 5.97 Å². The van der Waals surface area contributed by atoms with E-state index in [4.69, 9.17) is 4.74 Å². The lowest BCUT2D eigenvalue weighted by molar-refractivity contribution is -0.159. The van der Waals surface area contributed by atoms with Gasteiger partial charge in [0.15, 0.2) is 0 Å². The molecule has 2 rings (SSSR count). The number of ether oxygens (including phenoxy) is 1. The third kappa shape index (κ3) is 3.52. The molecule has 1 aromatic rings. The van der Waals surface area contributed by atoms with E-state index in [0.29, 0.717) is 0 Å². The van der Waals surface area contributed by atoms with E-state index in [9.17, 15) is 4.79 Å². The Morgan fingerprint density at radius 1 is 1.09 bits per heavy atom. The largest absolute Gasteiger partial charge is 0.467 e. The fourth-order valence-electron chi connectivity index (χ4n) is 2.97. The molecule has 0 aliphatic carbocycles. The fourth-order valence-corrected chi connectivity index (χ4v) is 2.97. The highest BCUT2D eigenvalue weighted by atomic mass is 16.5. The Morgan fingerprint density at radius 3 is 2.09 bits per heavy atom. The van der Waals surface area contributed by atoms with Crippen molar-refractivity contribution < 1.29 is 9.53 Å². The minimum absolute atomic E-state index is 0.0721. The van der Waals surface area contributed by atoms with E-state index in [1.165, 1.54) is 12.7 Å². The highest BCUT2D eigenvalue weighted by Crippen LogP contribution is 2.42. The lowest BCUT2D eigenvalue weighted by Gasteiger charge is -2.51. The average Bonchev–Trinajstić information content (AvgIpc) is 2.55. The van der Waals surface area contributed by atoms with Gasteiger partial charge in [0.25, 0.3) is 0 Å². The van der Waals surface area contributed by atoms with Crippen LogP contribution in [0.2, 0.25) is 0 Å². The highest BCUT2D eigenvalue weighted by molar-refractivity contribution is 5.83. The van der Waals surface area contributed by atoms with Gasteiger partial charge >= 0.3 is 5.97 Å². The van der Waals surface area contributed by atoms with E-state index in [2.05, 4.69) is 24.8 Å². The molecule has 0 radical (unpaired) electrons. The van der Waals surface area contributed by atoms with Crippen LogP contribution in [0.1, 0.15) is 59.6 Å². The quantitative estimate of drug-likeness (QED) is 0.720. The van der Waals surface area contributed by atoms with Crippen LogP contribution in [0, 0.1) is 0 Å². The minimum Gasteiger partial charge on any atom is -0.467 e. The molecule has 1 aliphatic heterocycles. The van der Waals surface area contributed by atoms with Crippen molar-refractivity contribution in [2.45, 2.75) is 66.0 Å². The standard InChI is InChI=1S/C15H21NO2.2C2H6/c1-14(2)10-11-8-6-7-9-12(11)15(3,16(14)4)13(17)18-5;2*1-2/h6-9H,10H2,1-5H3;2*1-2H3. The molecule has 0 amide bonds. The van der Waals surface area contributed by atoms with Gasteiger partial charge in [-0.2, -0.15) is 0 Å². The molecule has 1 aromatic carbocycles. The molecule has 0 spiro atoms. The minimum atomic E-state index is -0.715. The number of benzene rings is 1. The van der Waals surface area contributed by atoms with Crippen LogP contribution in [0.5, 0.6) is 0 Å². The highest BCUT2D eigenvalue weighted by Gasteiger charge is 2.50. The summed E-state index contributed by atoms with van der Waals surface area (Å²) in [5, 5.41) is 0. The monoisotopic (exact) mass is 307 g/mol. The molecule has 0 aromatic heterocycles. The molecule has 22 heavy (non-hydrogen) atoms. The molecule has 1 aliphatic rings. The first-order valence-corrected chi connectivity index (χ1v) is 8.25. The number of carbonyl (C=O) groups is 1. The number of methoxy groups -OCH3 is 1. The second-order valence-electron chi connectivity index (χ2n) is 5.77. The number of esters is 1. The van der Waals surface area contributed by atoms with Crippen molar-refractivity contribution in [2.75, 3.05) is 14.2 Å². The van der Waals surface area contributed by atoms with Crippen molar-refractivity contribution in [2.24, 2.45) is 0 Å². The first-order chi connectivity index (χ1) is 10.3. The molecule has 3 nitrogen and oxygen atoms in total. The Hall–Kier alpha value is -1.35. The Kier molecular flexibility index (Phi) is 7.82. The van der Waals surface area contributed by atoms with E-state index >= 15 is 0 Å². The second kappa shape index (κ2) is 8.33. The molecule has 0 bridgehead atoms. The van der Waals surface area contributed by atoms with Gasteiger partial charge in [-0.05, 0) is 45.4 Å². The Bertz CT molecular complexity index is 482. The SMILES string of the molecule is CC.CC.COC(=O)C1(C)c2ccccc2CC(C)(C)N1C. The van der Waals surface area contributed by atoms with Gasteiger partial charge in [0.2, 0.25) is 0 Å². The Labute approximate surface area is 136 Å². The van der Waals surface area contributed by atoms with Gasteiger partial charge in [-0.25, -0.2) is 4.79 Å². The normalized spacial score (nSPS) is 22.2. The van der Waals surface area contributed by atoms with E-state index < -0.39 is 5.54 Å². The van der Waals surface area contributed by atoms with E-state index in [1.54, 1.807) is 0 Å². The van der Waals surface area contributed by atoms with Crippen molar-refractivity contribution in [3.05, 3.63) is 35.4 Å². The molecular weight excluding hydrogens is 274 g/mol. The molecular formula is C19H33NO2. The zero-order chi connectivity index (χ0) is 17.6. The van der Waals surface area contributed by atoms with Crippen LogP contribution < -0.4 is 0 Å². The van der Waals surface area contributed by atoms with Crippen LogP contribution in [0.15, 0.2) is 24.3 Å². The predicted molar refractivity (Wildman–Crippen MR) is 94.1 cm³/mol. The number of hydrogen-bond donors (Lipinski definition) is 0. The van der Waals surface area contributed by atoms with Crippen LogP contribution in [0.3, 0.4) is 0 Å². The summed E-state index contributed by atoms with van der Waals surface area (Å²) >= 11 is 0. The van der Waals surface area contributed by atoms with Gasteiger partial charge in [-0.1, -0.05) is 52.0 Å². The van der Waals surface area contributed by atoms with Crippen molar-refractivity contribution in [3.8, 4) is 0 Å². The molecule has 1 atom stereocenters. The summed E-state index contributed by atoms with van der Waals surface area (Å²) in [5.74, 6) is -0.203. The lowest BCUT2D eigenvalue weighted by Crippen LogP contribution is -2.61. The molecule has 1 unspecified atom stereocenters. The Morgan fingerprint density at radius 2 is 1.59 bits per heavy atom. The summed E-state index contributed by atoms with van der Waals surface area (Å²) in [6, 6.07) is 8.13. The number of hydrogen-bond acceptors (Lipinski definition) is 3. The van der Waals surface area contributed by atoms with E-state index in [-0.39, 0.29) is 11.5 Å². The molecule has 0 saturated heterocycles. The zero-order valence-corrected chi connectivity index (χ0v) is 15.8. The number of likely N-dealkylation sites (N-methyl/N-ethyl adjacent to an activating group) is 1. The van der Waals surface area contributed by atoms with Gasteiger partial charge in [0.05, 0.1) is 7.11 Å². The fraction of sp³-hybridized carbons (Fsp3) is 0.632. The summed E-state index contributed by atoms with van der Waals surface area (Å²) in [5.41, 5.74) is 1.50. The van der Waals surface area contributed by atoms with Gasteiger partial charge < -0.3 is 4.74 Å². The van der Waals surface area contributed by atoms with Gasteiger partial charge in [0, 0.05) is 5.54 Å². The second-order valence-corrected chi connectivity index (χ2v) is 5.77. The smallest absolute Gasteiger partial charge is 0.330 e. The Balaban J connectivity index is 0.00000102. The van der Waals surface area contributed by atoms with Crippen LogP contribution >= 0.6 is 0 Å². The van der Waals surface area contributed by atoms with Gasteiger partial charge in [-0.15, -0.1) is 0 Å². The molecule has 1 heterocycles. The molecule has 0 fully saturated rings. The number of rotatable bonds is 1. The topological polar surface area (TPSA) is 29.5 Å². The van der Waals surface area contributed by atoms with Crippen molar-refractivity contribution in [1.82, 2.24) is 4.90 Å². The first-order valence-electron chi connectivity index (χ1n) is 8.25. The predicted octanol–water partition coefficient (Wildman–Crippen LogP) is 4.39. The summed E-state index contributed by atoms with van der Waals surface area (Å²) in [4.78, 5) is 14.4. The maximum atomic E-state index is 12.3. The number of carbonyl (C=O) groups excluding carboxylic acids is 1. The molecule has 3 heteroatoms. The molecule has 0 N–H and O–H groups in total. The van der Waals surface area contributed by atoms with Crippen LogP contribution in [-0.4, -0.2) is 30.6 Å². The van der Waals surface area contributed by atoms with Crippen LogP contribution in [0.25, 0.3) is 0 Å². The van der Waals surface area contributed by atoms with E-state index in [1.807, 2.05) is 59.9 Å². The third-order valence-corrected chi connectivity index (χ3v) is 4.33. The van der Waals surface area contributed by atoms with Crippen molar-refractivity contribution in [1.29, 1.82) is 0 Å². The van der Waals surface area contributed by atoms with Crippen LogP contribution in [-0.2, 0) is 21.5 Å². The number of fused-ring (bicyclic) bond motifs is 1. The summed E-state index contributed by atoms with van der Waals surface area (Å²) in [7, 11) is 3.44. The zero-order valence-electron chi connectivity index (χ0n) is 15.8. The lowest BCUT2D eigenvalue weighted by atomic mass is 9.75. The van der Waals surface area contributed by atoms with Crippen LogP contribution in [0.4, 0.5) is 0 Å². The average molecular weight is 307 g/mol. The maximum Gasteiger partial charge on any atom is 0.330 e. The summed E-state index contributed by atoms with van der Waals surface area (Å²) in [6.45, 7) is 14.3. The van der Waals surface area contributed by atoms with E-state index in [0.717, 1.165) is 12.0 Å². The number of nitrogens with zero attached hydrogens (tertiary/aromatic N) is 1. The first kappa shape index (κ1) is 20.6. The maximum absolute atomic E-state index is 12.3. The third-order valence-electron chi connectivity index (χ3n) is 4.33. The van der Waals surface area contributed by atoms with Crippen molar-refractivity contribution in [3.63, 3.8) is 0 Å².